The average Bonchev–Trinajstić information content (AvgIpc) is 2.68. The third kappa shape index (κ3) is 4.50. The number of cyclic esters (lactones) is 1. The summed E-state index contributed by atoms with van der Waals surface area (Å²) in [5.41, 5.74) is 5.11. The first-order valence-electron chi connectivity index (χ1n) is 6.14. The van der Waals surface area contributed by atoms with Gasteiger partial charge in [0.1, 0.15) is 12.8 Å². The van der Waals surface area contributed by atoms with Crippen molar-refractivity contribution in [3.8, 4) is 0 Å². The molecule has 1 aliphatic rings. The lowest BCUT2D eigenvalue weighted by Crippen LogP contribution is -2.50. The van der Waals surface area contributed by atoms with E-state index in [0.29, 0.717) is 13.2 Å². The molecular formula is C11H21N3O3. The summed E-state index contributed by atoms with van der Waals surface area (Å²) in [5.74, 6) is 0. The molecule has 0 radical (unpaired) electrons. The van der Waals surface area contributed by atoms with Crippen LogP contribution in [0, 0.1) is 0 Å². The predicted octanol–water partition coefficient (Wildman–Crippen LogP) is 1.40. The standard InChI is InChI=1S/C11H21N3O3/c1-2-3-4-5-6-9(13-10(12)15)14-7-8-17-11(14)16/h9H,2-8H2,1H3,(H3,12,13,15). The van der Waals surface area contributed by atoms with Crippen molar-refractivity contribution in [2.75, 3.05) is 13.2 Å². The quantitative estimate of drug-likeness (QED) is 0.663. The number of nitrogens with one attached hydrogen (secondary N) is 1. The lowest BCUT2D eigenvalue weighted by molar-refractivity contribution is 0.139. The van der Waals surface area contributed by atoms with E-state index in [4.69, 9.17) is 10.5 Å². The molecule has 1 unspecified atom stereocenters. The number of nitrogens with two attached hydrogens (primary N) is 1. The van der Waals surface area contributed by atoms with Gasteiger partial charge >= 0.3 is 12.1 Å². The topological polar surface area (TPSA) is 84.7 Å². The van der Waals surface area contributed by atoms with Crippen LogP contribution in [0.3, 0.4) is 0 Å². The van der Waals surface area contributed by atoms with Crippen molar-refractivity contribution in [1.82, 2.24) is 10.2 Å². The molecule has 3 N–H and O–H groups in total. The molecule has 17 heavy (non-hydrogen) atoms. The first-order chi connectivity index (χ1) is 8.15. The number of carbonyl (C=O) groups is 2. The monoisotopic (exact) mass is 243 g/mol. The highest BCUT2D eigenvalue weighted by molar-refractivity contribution is 5.74. The Morgan fingerprint density at radius 3 is 2.82 bits per heavy atom. The first kappa shape index (κ1) is 13.6. The molecule has 0 bridgehead atoms. The van der Waals surface area contributed by atoms with Crippen LogP contribution in [0.4, 0.5) is 9.59 Å². The SMILES string of the molecule is CCCCCCC(NC(N)=O)N1CCOC1=O. The summed E-state index contributed by atoms with van der Waals surface area (Å²) in [6.07, 6.45) is 4.38. The number of carbonyl (C=O) groups excluding carboxylic acids is 2. The first-order valence-corrected chi connectivity index (χ1v) is 6.14. The van der Waals surface area contributed by atoms with Gasteiger partial charge in [-0.2, -0.15) is 0 Å². The second kappa shape index (κ2) is 6.98. The molecule has 0 aromatic rings. The number of hydrogen-bond acceptors (Lipinski definition) is 3. The molecule has 0 aliphatic carbocycles. The van der Waals surface area contributed by atoms with Gasteiger partial charge in [0.25, 0.3) is 0 Å². The molecule has 0 spiro atoms. The fourth-order valence-corrected chi connectivity index (χ4v) is 1.92. The van der Waals surface area contributed by atoms with Gasteiger partial charge in [0.2, 0.25) is 0 Å². The van der Waals surface area contributed by atoms with Gasteiger partial charge in [0, 0.05) is 0 Å². The molecule has 1 aliphatic heterocycles. The number of hydrogen-bond donors (Lipinski definition) is 2. The average molecular weight is 243 g/mol. The van der Waals surface area contributed by atoms with Gasteiger partial charge in [0.15, 0.2) is 0 Å². The fourth-order valence-electron chi connectivity index (χ4n) is 1.92. The molecular weight excluding hydrogens is 222 g/mol. The number of unbranched alkanes of at least 4 members (excludes halogenated alkanes) is 3. The Hall–Kier alpha value is -1.46. The highest BCUT2D eigenvalue weighted by Gasteiger charge is 2.29. The van der Waals surface area contributed by atoms with Gasteiger partial charge in [-0.3, -0.25) is 4.90 Å². The number of nitrogens with zero attached hydrogens (tertiary/aromatic N) is 1. The summed E-state index contributed by atoms with van der Waals surface area (Å²) in [5, 5.41) is 2.59. The molecule has 3 amide bonds. The van der Waals surface area contributed by atoms with Gasteiger partial charge in [0.05, 0.1) is 6.54 Å². The summed E-state index contributed by atoms with van der Waals surface area (Å²) < 4.78 is 4.85. The van der Waals surface area contributed by atoms with Gasteiger partial charge in [-0.05, 0) is 12.8 Å². The van der Waals surface area contributed by atoms with E-state index in [2.05, 4.69) is 12.2 Å². The molecule has 1 saturated heterocycles. The maximum Gasteiger partial charge on any atom is 0.411 e. The van der Waals surface area contributed by atoms with Crippen molar-refractivity contribution < 1.29 is 14.3 Å². The summed E-state index contributed by atoms with van der Waals surface area (Å²) in [4.78, 5) is 23.8. The van der Waals surface area contributed by atoms with E-state index in [1.165, 1.54) is 4.90 Å². The van der Waals surface area contributed by atoms with Crippen LogP contribution in [0.1, 0.15) is 39.0 Å². The third-order valence-corrected chi connectivity index (χ3v) is 2.81. The minimum absolute atomic E-state index is 0.334. The zero-order valence-electron chi connectivity index (χ0n) is 10.3. The second-order valence-electron chi connectivity index (χ2n) is 4.18. The van der Waals surface area contributed by atoms with Crippen LogP contribution in [0.5, 0.6) is 0 Å². The number of urea groups is 1. The van der Waals surface area contributed by atoms with Gasteiger partial charge in [-0.15, -0.1) is 0 Å². The van der Waals surface area contributed by atoms with Gasteiger partial charge < -0.3 is 15.8 Å². The molecule has 1 heterocycles. The van der Waals surface area contributed by atoms with Crippen LogP contribution in [-0.2, 0) is 4.74 Å². The normalized spacial score (nSPS) is 16.8. The van der Waals surface area contributed by atoms with E-state index in [9.17, 15) is 9.59 Å². The van der Waals surface area contributed by atoms with Crippen molar-refractivity contribution in [1.29, 1.82) is 0 Å². The van der Waals surface area contributed by atoms with Crippen LogP contribution in [0.25, 0.3) is 0 Å². The van der Waals surface area contributed by atoms with E-state index in [1.54, 1.807) is 0 Å². The number of rotatable bonds is 7. The number of primary amides is 1. The fraction of sp³-hybridized carbons (Fsp3) is 0.818. The van der Waals surface area contributed by atoms with Crippen molar-refractivity contribution in [3.05, 3.63) is 0 Å². The van der Waals surface area contributed by atoms with E-state index in [1.807, 2.05) is 0 Å². The Morgan fingerprint density at radius 2 is 2.29 bits per heavy atom. The smallest absolute Gasteiger partial charge is 0.411 e. The van der Waals surface area contributed by atoms with Crippen LogP contribution in [0.15, 0.2) is 0 Å². The minimum atomic E-state index is -0.606. The summed E-state index contributed by atoms with van der Waals surface area (Å²) in [6.45, 7) is 3.03. The molecule has 1 fully saturated rings. The van der Waals surface area contributed by atoms with E-state index in [0.717, 1.165) is 32.1 Å². The van der Waals surface area contributed by atoms with Gasteiger partial charge in [-0.1, -0.05) is 26.2 Å². The summed E-state index contributed by atoms with van der Waals surface area (Å²) in [6, 6.07) is -0.606. The highest BCUT2D eigenvalue weighted by Crippen LogP contribution is 2.13. The third-order valence-electron chi connectivity index (χ3n) is 2.81. The molecule has 6 nitrogen and oxygen atoms in total. The molecule has 0 aromatic carbocycles. The lowest BCUT2D eigenvalue weighted by atomic mass is 10.1. The molecule has 1 atom stereocenters. The Labute approximate surface area is 101 Å². The highest BCUT2D eigenvalue weighted by atomic mass is 16.6. The van der Waals surface area contributed by atoms with Crippen molar-refractivity contribution in [3.63, 3.8) is 0 Å². The van der Waals surface area contributed by atoms with Crippen LogP contribution >= 0.6 is 0 Å². The number of ether oxygens (including phenoxy) is 1. The zero-order valence-corrected chi connectivity index (χ0v) is 10.3. The predicted molar refractivity (Wildman–Crippen MR) is 63.3 cm³/mol. The molecule has 0 aromatic heterocycles. The Balaban J connectivity index is 2.42. The van der Waals surface area contributed by atoms with Gasteiger partial charge in [-0.25, -0.2) is 9.59 Å². The maximum absolute atomic E-state index is 11.4. The van der Waals surface area contributed by atoms with Crippen molar-refractivity contribution >= 4 is 12.1 Å². The van der Waals surface area contributed by atoms with E-state index in [-0.39, 0.29) is 12.3 Å². The molecule has 98 valence electrons. The molecule has 0 saturated carbocycles. The van der Waals surface area contributed by atoms with E-state index < -0.39 is 6.03 Å². The van der Waals surface area contributed by atoms with Crippen LogP contribution in [0.2, 0.25) is 0 Å². The Kier molecular flexibility index (Phi) is 5.59. The summed E-state index contributed by atoms with van der Waals surface area (Å²) >= 11 is 0. The Morgan fingerprint density at radius 1 is 1.53 bits per heavy atom. The lowest BCUT2D eigenvalue weighted by Gasteiger charge is -2.25. The molecule has 6 heteroatoms. The summed E-state index contributed by atoms with van der Waals surface area (Å²) in [7, 11) is 0. The zero-order chi connectivity index (χ0) is 12.7. The largest absolute Gasteiger partial charge is 0.447 e. The number of amides is 3. The van der Waals surface area contributed by atoms with Crippen LogP contribution in [-0.4, -0.2) is 36.3 Å². The minimum Gasteiger partial charge on any atom is -0.447 e. The van der Waals surface area contributed by atoms with E-state index >= 15 is 0 Å². The maximum atomic E-state index is 11.4. The van der Waals surface area contributed by atoms with Crippen molar-refractivity contribution in [2.45, 2.75) is 45.2 Å². The Bertz CT molecular complexity index is 271. The van der Waals surface area contributed by atoms with Crippen molar-refractivity contribution in [2.24, 2.45) is 5.73 Å². The molecule has 1 rings (SSSR count). The second-order valence-corrected chi connectivity index (χ2v) is 4.18. The van der Waals surface area contributed by atoms with Crippen LogP contribution < -0.4 is 11.1 Å².